The Morgan fingerprint density at radius 2 is 2.47 bits per heavy atom. The summed E-state index contributed by atoms with van der Waals surface area (Å²) in [5.74, 6) is 0.153. The zero-order chi connectivity index (χ0) is 10.7. The second kappa shape index (κ2) is 4.16. The van der Waals surface area contributed by atoms with Gasteiger partial charge in [0.25, 0.3) is 0 Å². The van der Waals surface area contributed by atoms with Crippen molar-refractivity contribution in [3.8, 4) is 6.07 Å². The van der Waals surface area contributed by atoms with Gasteiger partial charge >= 0.3 is 0 Å². The van der Waals surface area contributed by atoms with Crippen LogP contribution in [0, 0.1) is 16.7 Å². The molecule has 1 aliphatic rings. The number of hydrogen-bond acceptors (Lipinski definition) is 3. The molecule has 1 atom stereocenters. The van der Waals surface area contributed by atoms with Crippen molar-refractivity contribution in [1.29, 1.82) is 5.26 Å². The molecule has 0 N–H and O–H groups in total. The number of hydrogen-bond donors (Lipinski definition) is 0. The Morgan fingerprint density at radius 1 is 1.60 bits per heavy atom. The molecule has 0 spiro atoms. The van der Waals surface area contributed by atoms with Crippen molar-refractivity contribution in [3.63, 3.8) is 0 Å². The van der Waals surface area contributed by atoms with E-state index < -0.39 is 5.41 Å². The van der Waals surface area contributed by atoms with Gasteiger partial charge in [0.15, 0.2) is 5.78 Å². The third-order valence-electron chi connectivity index (χ3n) is 3.18. The summed E-state index contributed by atoms with van der Waals surface area (Å²) in [7, 11) is 0. The molecule has 1 fully saturated rings. The van der Waals surface area contributed by atoms with Crippen LogP contribution in [0.4, 0.5) is 0 Å². The Bertz CT molecular complexity index is 390. The molecule has 0 amide bonds. The van der Waals surface area contributed by atoms with Gasteiger partial charge in [-0.25, -0.2) is 0 Å². The highest BCUT2D eigenvalue weighted by molar-refractivity contribution is 7.07. The Balaban J connectivity index is 2.04. The van der Waals surface area contributed by atoms with E-state index in [4.69, 9.17) is 5.26 Å². The molecule has 2 rings (SSSR count). The smallest absolute Gasteiger partial charge is 0.153 e. The molecule has 0 saturated heterocycles. The highest BCUT2D eigenvalue weighted by atomic mass is 32.1. The summed E-state index contributed by atoms with van der Waals surface area (Å²) in [4.78, 5) is 11.7. The second-order valence-electron chi connectivity index (χ2n) is 4.10. The van der Waals surface area contributed by atoms with Gasteiger partial charge in [0.05, 0.1) is 6.07 Å². The first-order valence-corrected chi connectivity index (χ1v) is 6.17. The third kappa shape index (κ3) is 1.95. The zero-order valence-corrected chi connectivity index (χ0v) is 9.35. The number of Topliss-reactive ketones (excluding diaryl/α,β-unsaturated/α-hetero) is 1. The van der Waals surface area contributed by atoms with E-state index in [9.17, 15) is 4.79 Å². The molecule has 0 radical (unpaired) electrons. The maximum absolute atomic E-state index is 11.7. The van der Waals surface area contributed by atoms with E-state index in [0.717, 1.165) is 19.3 Å². The lowest BCUT2D eigenvalue weighted by atomic mass is 9.81. The summed E-state index contributed by atoms with van der Waals surface area (Å²) in [6.07, 6.45) is 3.78. The number of nitrogens with zero attached hydrogens (tertiary/aromatic N) is 1. The van der Waals surface area contributed by atoms with Gasteiger partial charge in [0, 0.05) is 6.42 Å². The van der Waals surface area contributed by atoms with E-state index in [1.165, 1.54) is 5.56 Å². The number of thiophene rings is 1. The van der Waals surface area contributed by atoms with Crippen LogP contribution in [0.1, 0.15) is 31.2 Å². The lowest BCUT2D eigenvalue weighted by molar-refractivity contribution is -0.123. The molecule has 1 aromatic rings. The van der Waals surface area contributed by atoms with Crippen LogP contribution in [0.15, 0.2) is 16.8 Å². The monoisotopic (exact) mass is 219 g/mol. The van der Waals surface area contributed by atoms with E-state index in [1.54, 1.807) is 11.3 Å². The fraction of sp³-hybridized carbons (Fsp3) is 0.500. The highest BCUT2D eigenvalue weighted by Gasteiger charge is 2.41. The van der Waals surface area contributed by atoms with Crippen LogP contribution in [-0.2, 0) is 11.2 Å². The van der Waals surface area contributed by atoms with Gasteiger partial charge in [-0.2, -0.15) is 16.6 Å². The van der Waals surface area contributed by atoms with Crippen LogP contribution in [0.3, 0.4) is 0 Å². The summed E-state index contributed by atoms with van der Waals surface area (Å²) in [5, 5.41) is 13.3. The van der Waals surface area contributed by atoms with Crippen LogP contribution in [0.5, 0.6) is 0 Å². The highest BCUT2D eigenvalue weighted by Crippen LogP contribution is 2.38. The second-order valence-corrected chi connectivity index (χ2v) is 4.88. The lowest BCUT2D eigenvalue weighted by Gasteiger charge is -2.17. The molecular formula is C12H13NOS. The molecular weight excluding hydrogens is 206 g/mol. The maximum atomic E-state index is 11.7. The molecule has 3 heteroatoms. The molecule has 0 bridgehead atoms. The van der Waals surface area contributed by atoms with E-state index in [2.05, 4.69) is 17.5 Å². The van der Waals surface area contributed by atoms with Crippen LogP contribution < -0.4 is 0 Å². The molecule has 1 aliphatic carbocycles. The molecule has 15 heavy (non-hydrogen) atoms. The van der Waals surface area contributed by atoms with Crippen LogP contribution in [0.2, 0.25) is 0 Å². The number of ketones is 1. The molecule has 1 heterocycles. The van der Waals surface area contributed by atoms with Crippen molar-refractivity contribution in [2.45, 2.75) is 32.1 Å². The van der Waals surface area contributed by atoms with Crippen LogP contribution in [0.25, 0.3) is 0 Å². The van der Waals surface area contributed by atoms with E-state index in [0.29, 0.717) is 12.8 Å². The maximum Gasteiger partial charge on any atom is 0.153 e. The lowest BCUT2D eigenvalue weighted by Crippen LogP contribution is -2.24. The Kier molecular flexibility index (Phi) is 2.88. The first-order valence-electron chi connectivity index (χ1n) is 5.22. The predicted molar refractivity (Wildman–Crippen MR) is 59.5 cm³/mol. The Morgan fingerprint density at radius 3 is 3.00 bits per heavy atom. The van der Waals surface area contributed by atoms with Gasteiger partial charge in [0.1, 0.15) is 5.41 Å². The van der Waals surface area contributed by atoms with Crippen molar-refractivity contribution < 1.29 is 4.79 Å². The summed E-state index contributed by atoms with van der Waals surface area (Å²) < 4.78 is 0. The molecule has 1 saturated carbocycles. The standard InChI is InChI=1S/C12H13NOS/c13-9-12(5-1-2-11(12)14)6-3-10-4-7-15-8-10/h4,7-8H,1-3,5-6H2. The van der Waals surface area contributed by atoms with Gasteiger partial charge in [-0.1, -0.05) is 0 Å². The number of nitriles is 1. The van der Waals surface area contributed by atoms with Crippen molar-refractivity contribution in [2.75, 3.05) is 0 Å². The Labute approximate surface area is 93.5 Å². The normalized spacial score (nSPS) is 25.4. The number of rotatable bonds is 3. The molecule has 2 nitrogen and oxygen atoms in total. The van der Waals surface area contributed by atoms with E-state index in [-0.39, 0.29) is 5.78 Å². The van der Waals surface area contributed by atoms with Gasteiger partial charge in [-0.15, -0.1) is 0 Å². The first kappa shape index (κ1) is 10.4. The minimum Gasteiger partial charge on any atom is -0.298 e. The number of carbonyl (C=O) groups excluding carboxylic acids is 1. The SMILES string of the molecule is N#CC1(CCc2ccsc2)CCCC1=O. The van der Waals surface area contributed by atoms with Crippen molar-refractivity contribution in [1.82, 2.24) is 0 Å². The van der Waals surface area contributed by atoms with Gasteiger partial charge in [-0.05, 0) is 48.1 Å². The quantitative estimate of drug-likeness (QED) is 0.784. The topological polar surface area (TPSA) is 40.9 Å². The molecule has 1 aromatic heterocycles. The minimum absolute atomic E-state index is 0.153. The molecule has 0 aromatic carbocycles. The molecule has 0 aliphatic heterocycles. The van der Waals surface area contributed by atoms with Crippen molar-refractivity contribution in [2.24, 2.45) is 5.41 Å². The Hall–Kier alpha value is -1.14. The largest absolute Gasteiger partial charge is 0.298 e. The average molecular weight is 219 g/mol. The fourth-order valence-corrected chi connectivity index (χ4v) is 2.86. The fourth-order valence-electron chi connectivity index (χ4n) is 2.16. The van der Waals surface area contributed by atoms with Crippen LogP contribution >= 0.6 is 11.3 Å². The van der Waals surface area contributed by atoms with Crippen molar-refractivity contribution >= 4 is 17.1 Å². The van der Waals surface area contributed by atoms with Gasteiger partial charge < -0.3 is 0 Å². The van der Waals surface area contributed by atoms with Crippen molar-refractivity contribution in [3.05, 3.63) is 22.4 Å². The van der Waals surface area contributed by atoms with Gasteiger partial charge in [-0.3, -0.25) is 4.79 Å². The third-order valence-corrected chi connectivity index (χ3v) is 3.91. The minimum atomic E-state index is -0.665. The average Bonchev–Trinajstić information content (AvgIpc) is 2.85. The number of aryl methyl sites for hydroxylation is 1. The molecule has 78 valence electrons. The van der Waals surface area contributed by atoms with E-state index in [1.807, 2.05) is 5.38 Å². The summed E-state index contributed by atoms with van der Waals surface area (Å²) in [6.45, 7) is 0. The van der Waals surface area contributed by atoms with Gasteiger partial charge in [0.2, 0.25) is 0 Å². The summed E-state index contributed by atoms with van der Waals surface area (Å²) in [6, 6.07) is 4.31. The van der Waals surface area contributed by atoms with Crippen LogP contribution in [-0.4, -0.2) is 5.78 Å². The predicted octanol–water partition coefficient (Wildman–Crippen LogP) is 2.94. The summed E-state index contributed by atoms with van der Waals surface area (Å²) in [5.41, 5.74) is 0.580. The number of carbonyl (C=O) groups is 1. The summed E-state index contributed by atoms with van der Waals surface area (Å²) >= 11 is 1.66. The molecule has 1 unspecified atom stereocenters. The zero-order valence-electron chi connectivity index (χ0n) is 8.53. The first-order chi connectivity index (χ1) is 7.27. The van der Waals surface area contributed by atoms with E-state index >= 15 is 0 Å².